The van der Waals surface area contributed by atoms with Crippen LogP contribution in [0.15, 0.2) is 97.2 Å². The largest absolute Gasteiger partial charge is 0.472 e. The fourth-order valence-electron chi connectivity index (χ4n) is 9.36. The molecule has 462 valence electrons. The molecule has 0 bridgehead atoms. The zero-order valence-electron chi connectivity index (χ0n) is 51.8. The number of ether oxygens (including phenoxy) is 2. The van der Waals surface area contributed by atoms with E-state index in [9.17, 15) is 19.0 Å². The summed E-state index contributed by atoms with van der Waals surface area (Å²) in [7, 11) is -4.39. The predicted octanol–water partition coefficient (Wildman–Crippen LogP) is 21.6. The SMILES string of the molecule is CC/C=C\C/C=C\C/C=C\C/C=C\C/C=C\C/C=C\C/C=C\C/C=C\CCCCCCCCCCCCCCC(=O)OC(COC(=O)CCCCCCCCCCCCCCCCCCCCCCCC)COP(=O)(O)OCCN. The fraction of sp³-hybridized carbons (Fsp3) is 0.743. The number of carbonyl (C=O) groups is 2. The Morgan fingerprint density at radius 3 is 1.02 bits per heavy atom. The molecule has 0 rings (SSSR count). The Bertz CT molecular complexity index is 1630. The van der Waals surface area contributed by atoms with Gasteiger partial charge in [-0.25, -0.2) is 4.57 Å². The molecule has 0 aliphatic carbocycles. The standard InChI is InChI=1S/C70H124NO8P/c1-3-5-7-9-11-13-15-17-19-21-23-25-27-28-29-30-31-32-33-34-35-36-37-38-39-40-41-43-45-47-49-51-53-55-57-59-61-63-70(73)79-68(67-78-80(74,75)77-65-64-71)66-76-69(72)62-60-58-56-54-52-50-48-46-44-42-26-24-22-20-18-16-14-12-10-8-6-4-2/h5,7,11,13,17,19,23,25,28-29,31-32,34-35,37-38,68H,3-4,6,8-10,12,14-16,18,20-22,24,26-27,30,33,36,39-67,71H2,1-2H3,(H,74,75)/b7-5-,13-11-,19-17-,25-23-,29-28-,32-31-,35-34-,38-37-. The van der Waals surface area contributed by atoms with Crippen LogP contribution in [-0.4, -0.2) is 49.3 Å². The van der Waals surface area contributed by atoms with E-state index in [0.717, 1.165) is 89.9 Å². The molecule has 0 fully saturated rings. The fourth-order valence-corrected chi connectivity index (χ4v) is 10.1. The third-order valence-corrected chi connectivity index (χ3v) is 15.2. The predicted molar refractivity (Wildman–Crippen MR) is 344 cm³/mol. The summed E-state index contributed by atoms with van der Waals surface area (Å²) < 4.78 is 33.1. The minimum absolute atomic E-state index is 0.0514. The molecule has 9 nitrogen and oxygen atoms in total. The first-order valence-corrected chi connectivity index (χ1v) is 34.7. The van der Waals surface area contributed by atoms with Gasteiger partial charge in [0.2, 0.25) is 0 Å². The highest BCUT2D eigenvalue weighted by Gasteiger charge is 2.26. The van der Waals surface area contributed by atoms with Gasteiger partial charge >= 0.3 is 19.8 Å². The van der Waals surface area contributed by atoms with Crippen molar-refractivity contribution in [1.29, 1.82) is 0 Å². The number of hydrogen-bond donors (Lipinski definition) is 2. The van der Waals surface area contributed by atoms with Crippen molar-refractivity contribution < 1.29 is 37.6 Å². The zero-order valence-corrected chi connectivity index (χ0v) is 52.7. The molecule has 0 amide bonds. The molecular formula is C70H124NO8P. The van der Waals surface area contributed by atoms with Gasteiger partial charge in [-0.3, -0.25) is 18.6 Å². The molecular weight excluding hydrogens is 1010 g/mol. The van der Waals surface area contributed by atoms with Crippen LogP contribution >= 0.6 is 7.82 Å². The molecule has 0 aliphatic rings. The second-order valence-electron chi connectivity index (χ2n) is 22.0. The monoisotopic (exact) mass is 1140 g/mol. The molecule has 0 aromatic rings. The van der Waals surface area contributed by atoms with Gasteiger partial charge in [0.1, 0.15) is 6.61 Å². The molecule has 0 radical (unpaired) electrons. The van der Waals surface area contributed by atoms with Crippen LogP contribution in [0.5, 0.6) is 0 Å². The number of carbonyl (C=O) groups excluding carboxylic acids is 2. The van der Waals surface area contributed by atoms with Crippen molar-refractivity contribution in [1.82, 2.24) is 0 Å². The molecule has 0 saturated carbocycles. The average molecular weight is 1140 g/mol. The summed E-state index contributed by atoms with van der Waals surface area (Å²) >= 11 is 0. The third kappa shape index (κ3) is 64.1. The Hall–Kier alpha value is -3.07. The second kappa shape index (κ2) is 65.1. The summed E-state index contributed by atoms with van der Waals surface area (Å²) in [6.45, 7) is 3.67. The third-order valence-electron chi connectivity index (χ3n) is 14.2. The molecule has 3 N–H and O–H groups in total. The van der Waals surface area contributed by atoms with Crippen molar-refractivity contribution in [2.24, 2.45) is 5.73 Å². The number of phosphoric ester groups is 1. The van der Waals surface area contributed by atoms with Crippen molar-refractivity contribution in [3.63, 3.8) is 0 Å². The van der Waals surface area contributed by atoms with Gasteiger partial charge in [0, 0.05) is 19.4 Å². The molecule has 0 heterocycles. The smallest absolute Gasteiger partial charge is 0.462 e. The molecule has 2 atom stereocenters. The summed E-state index contributed by atoms with van der Waals surface area (Å²) in [5.74, 6) is -0.820. The lowest BCUT2D eigenvalue weighted by atomic mass is 10.0. The van der Waals surface area contributed by atoms with E-state index in [2.05, 4.69) is 111 Å². The lowest BCUT2D eigenvalue weighted by molar-refractivity contribution is -0.161. The first-order valence-electron chi connectivity index (χ1n) is 33.2. The minimum Gasteiger partial charge on any atom is -0.462 e. The average Bonchev–Trinajstić information content (AvgIpc) is 3.45. The molecule has 80 heavy (non-hydrogen) atoms. The number of nitrogens with two attached hydrogens (primary N) is 1. The molecule has 2 unspecified atom stereocenters. The van der Waals surface area contributed by atoms with Crippen molar-refractivity contribution in [2.75, 3.05) is 26.4 Å². The van der Waals surface area contributed by atoms with Gasteiger partial charge in [-0.05, 0) is 77.0 Å². The van der Waals surface area contributed by atoms with E-state index in [1.54, 1.807) is 0 Å². The van der Waals surface area contributed by atoms with Crippen molar-refractivity contribution >= 4 is 19.8 Å². The molecule has 0 aliphatic heterocycles. The highest BCUT2D eigenvalue weighted by Crippen LogP contribution is 2.43. The highest BCUT2D eigenvalue weighted by atomic mass is 31.2. The Kier molecular flexibility index (Phi) is 62.6. The Labute approximate surface area is 493 Å². The number of esters is 2. The number of rotatable bonds is 62. The van der Waals surface area contributed by atoms with Crippen LogP contribution in [0.4, 0.5) is 0 Å². The zero-order chi connectivity index (χ0) is 58.0. The van der Waals surface area contributed by atoms with Gasteiger partial charge in [0.15, 0.2) is 6.10 Å². The molecule has 0 aromatic heterocycles. The summed E-state index contributed by atoms with van der Waals surface area (Å²) in [4.78, 5) is 35.3. The summed E-state index contributed by atoms with van der Waals surface area (Å²) in [5.41, 5.74) is 5.40. The first-order chi connectivity index (χ1) is 39.3. The van der Waals surface area contributed by atoms with E-state index in [4.69, 9.17) is 24.3 Å². The second-order valence-corrected chi connectivity index (χ2v) is 23.4. The van der Waals surface area contributed by atoms with Crippen molar-refractivity contribution in [3.8, 4) is 0 Å². The van der Waals surface area contributed by atoms with E-state index in [1.807, 2.05) is 0 Å². The van der Waals surface area contributed by atoms with Crippen LogP contribution in [-0.2, 0) is 32.7 Å². The molecule has 0 spiro atoms. The summed E-state index contributed by atoms with van der Waals surface area (Å²) in [6, 6.07) is 0. The number of unbranched alkanes of at least 4 members (excludes halogenated alkanes) is 33. The summed E-state index contributed by atoms with van der Waals surface area (Å²) in [6.07, 6.45) is 87.7. The van der Waals surface area contributed by atoms with E-state index in [0.29, 0.717) is 6.42 Å². The van der Waals surface area contributed by atoms with Gasteiger partial charge in [0.05, 0.1) is 13.2 Å². The Morgan fingerprint density at radius 1 is 0.388 bits per heavy atom. The van der Waals surface area contributed by atoms with Crippen LogP contribution in [0.2, 0.25) is 0 Å². The molecule has 10 heteroatoms. The summed E-state index contributed by atoms with van der Waals surface area (Å²) in [5, 5.41) is 0. The quantitative estimate of drug-likeness (QED) is 0.0264. The van der Waals surface area contributed by atoms with Crippen molar-refractivity contribution in [3.05, 3.63) is 97.2 Å². The van der Waals surface area contributed by atoms with Gasteiger partial charge in [-0.1, -0.05) is 310 Å². The van der Waals surface area contributed by atoms with Crippen molar-refractivity contribution in [2.45, 2.75) is 309 Å². The first kappa shape index (κ1) is 76.9. The number of hydrogen-bond acceptors (Lipinski definition) is 8. The normalized spacial score (nSPS) is 13.6. The molecule has 0 aromatic carbocycles. The minimum atomic E-state index is -4.39. The highest BCUT2D eigenvalue weighted by molar-refractivity contribution is 7.47. The number of phosphoric acid groups is 1. The Morgan fingerprint density at radius 2 is 0.688 bits per heavy atom. The van der Waals surface area contributed by atoms with Crippen LogP contribution in [0, 0.1) is 0 Å². The topological polar surface area (TPSA) is 134 Å². The maximum Gasteiger partial charge on any atom is 0.472 e. The van der Waals surface area contributed by atoms with E-state index in [-0.39, 0.29) is 38.6 Å². The maximum atomic E-state index is 12.7. The van der Waals surface area contributed by atoms with Gasteiger partial charge in [0.25, 0.3) is 0 Å². The lowest BCUT2D eigenvalue weighted by Crippen LogP contribution is -2.29. The van der Waals surface area contributed by atoms with Crippen LogP contribution < -0.4 is 5.73 Å². The number of allylic oxidation sites excluding steroid dienone is 16. The van der Waals surface area contributed by atoms with E-state index < -0.39 is 26.5 Å². The van der Waals surface area contributed by atoms with Gasteiger partial charge in [-0.2, -0.15) is 0 Å². The van der Waals surface area contributed by atoms with Crippen LogP contribution in [0.3, 0.4) is 0 Å². The van der Waals surface area contributed by atoms with Crippen LogP contribution in [0.1, 0.15) is 303 Å². The van der Waals surface area contributed by atoms with Crippen LogP contribution in [0.25, 0.3) is 0 Å². The molecule has 0 saturated heterocycles. The van der Waals surface area contributed by atoms with E-state index in [1.165, 1.54) is 180 Å². The maximum absolute atomic E-state index is 12.7. The van der Waals surface area contributed by atoms with E-state index >= 15 is 0 Å². The lowest BCUT2D eigenvalue weighted by Gasteiger charge is -2.19. The Balaban J connectivity index is 3.91. The van der Waals surface area contributed by atoms with Gasteiger partial charge in [-0.15, -0.1) is 0 Å². The van der Waals surface area contributed by atoms with Gasteiger partial charge < -0.3 is 20.1 Å².